The molecule has 2 fully saturated rings. The molecule has 152 valence electrons. The molecule has 1 saturated carbocycles. The van der Waals surface area contributed by atoms with Crippen molar-refractivity contribution in [2.45, 2.75) is 50.6 Å². The Kier molecular flexibility index (Phi) is 5.09. The molecule has 8 heteroatoms. The van der Waals surface area contributed by atoms with Gasteiger partial charge in [-0.15, -0.1) is 0 Å². The first-order valence-electron chi connectivity index (χ1n) is 10.5. The summed E-state index contributed by atoms with van der Waals surface area (Å²) in [7, 11) is 1.96. The Balaban J connectivity index is 1.38. The van der Waals surface area contributed by atoms with E-state index in [0.29, 0.717) is 6.04 Å². The average Bonchev–Trinajstić information content (AvgIpc) is 3.40. The first kappa shape index (κ1) is 18.8. The summed E-state index contributed by atoms with van der Waals surface area (Å²) in [4.78, 5) is 20.6. The summed E-state index contributed by atoms with van der Waals surface area (Å²) in [6, 6.07) is 5.04. The molecule has 3 aromatic rings. The number of hydrogen-bond acceptors (Lipinski definition) is 6. The summed E-state index contributed by atoms with van der Waals surface area (Å²) < 4.78 is 1.96. The summed E-state index contributed by atoms with van der Waals surface area (Å²) >= 11 is 6.20. The highest BCUT2D eigenvalue weighted by molar-refractivity contribution is 6.28. The second-order valence-corrected chi connectivity index (χ2v) is 8.53. The summed E-state index contributed by atoms with van der Waals surface area (Å²) in [5, 5.41) is 3.87. The molecule has 7 nitrogen and oxygen atoms in total. The second-order valence-electron chi connectivity index (χ2n) is 8.19. The number of aromatic nitrogens is 5. The van der Waals surface area contributed by atoms with Crippen molar-refractivity contribution in [2.75, 3.05) is 18.4 Å². The molecule has 0 radical (unpaired) electrons. The SMILES string of the molecule is Cn1cncc1-c1ccc2nc(Cl)nc(NC3CCC(N4CCCC4)CC3)c2n1. The van der Waals surface area contributed by atoms with E-state index in [1.165, 1.54) is 38.8 Å². The number of nitrogens with one attached hydrogen (secondary N) is 1. The topological polar surface area (TPSA) is 71.8 Å². The van der Waals surface area contributed by atoms with Crippen LogP contribution in [0.3, 0.4) is 0 Å². The number of rotatable bonds is 4. The van der Waals surface area contributed by atoms with E-state index >= 15 is 0 Å². The van der Waals surface area contributed by atoms with Crippen LogP contribution < -0.4 is 5.32 Å². The Bertz CT molecular complexity index is 1000. The third kappa shape index (κ3) is 3.81. The summed E-state index contributed by atoms with van der Waals surface area (Å²) in [5.74, 6) is 0.730. The molecule has 4 heterocycles. The van der Waals surface area contributed by atoms with E-state index in [4.69, 9.17) is 16.6 Å². The molecule has 2 aliphatic rings. The molecular weight excluding hydrogens is 386 g/mol. The van der Waals surface area contributed by atoms with Crippen molar-refractivity contribution in [2.24, 2.45) is 7.05 Å². The first-order chi connectivity index (χ1) is 14.2. The van der Waals surface area contributed by atoms with Gasteiger partial charge in [0.25, 0.3) is 0 Å². The fourth-order valence-corrected chi connectivity index (χ4v) is 4.89. The number of likely N-dealkylation sites (tertiary alicyclic amines) is 1. The molecule has 1 N–H and O–H groups in total. The first-order valence-corrected chi connectivity index (χ1v) is 10.9. The highest BCUT2D eigenvalue weighted by atomic mass is 35.5. The minimum atomic E-state index is 0.251. The van der Waals surface area contributed by atoms with Crippen LogP contribution in [0.4, 0.5) is 5.82 Å². The number of anilines is 1. The minimum Gasteiger partial charge on any atom is -0.365 e. The summed E-state index contributed by atoms with van der Waals surface area (Å²) in [6.45, 7) is 2.55. The van der Waals surface area contributed by atoms with Gasteiger partial charge in [0.1, 0.15) is 5.52 Å². The van der Waals surface area contributed by atoms with Crippen LogP contribution in [-0.2, 0) is 7.05 Å². The summed E-state index contributed by atoms with van der Waals surface area (Å²) in [5.41, 5.74) is 3.32. The molecule has 0 spiro atoms. The maximum atomic E-state index is 6.20. The zero-order valence-corrected chi connectivity index (χ0v) is 17.4. The van der Waals surface area contributed by atoms with Gasteiger partial charge in [-0.25, -0.2) is 15.0 Å². The van der Waals surface area contributed by atoms with Gasteiger partial charge < -0.3 is 14.8 Å². The molecule has 0 amide bonds. The lowest BCUT2D eigenvalue weighted by molar-refractivity contribution is 0.186. The fourth-order valence-electron chi connectivity index (χ4n) is 4.72. The number of hydrogen-bond donors (Lipinski definition) is 1. The Morgan fingerprint density at radius 3 is 2.55 bits per heavy atom. The van der Waals surface area contributed by atoms with Crippen molar-refractivity contribution in [3.63, 3.8) is 0 Å². The van der Waals surface area contributed by atoms with Crippen LogP contribution in [0, 0.1) is 0 Å². The van der Waals surface area contributed by atoms with Crippen molar-refractivity contribution < 1.29 is 0 Å². The maximum absolute atomic E-state index is 6.20. The number of imidazole rings is 1. The molecule has 5 rings (SSSR count). The Labute approximate surface area is 175 Å². The fraction of sp³-hybridized carbons (Fsp3) is 0.524. The number of fused-ring (bicyclic) bond motifs is 1. The lowest BCUT2D eigenvalue weighted by atomic mass is 9.90. The van der Waals surface area contributed by atoms with Crippen molar-refractivity contribution in [3.8, 4) is 11.4 Å². The van der Waals surface area contributed by atoms with Gasteiger partial charge in [-0.1, -0.05) is 0 Å². The maximum Gasteiger partial charge on any atom is 0.225 e. The van der Waals surface area contributed by atoms with Crippen LogP contribution >= 0.6 is 11.6 Å². The van der Waals surface area contributed by atoms with E-state index in [2.05, 4.69) is 25.2 Å². The Morgan fingerprint density at radius 1 is 1.03 bits per heavy atom. The number of nitrogens with zero attached hydrogens (tertiary/aromatic N) is 6. The number of pyridine rings is 1. The van der Waals surface area contributed by atoms with Gasteiger partial charge in [0.15, 0.2) is 5.82 Å². The van der Waals surface area contributed by atoms with Gasteiger partial charge >= 0.3 is 0 Å². The average molecular weight is 412 g/mol. The third-order valence-corrected chi connectivity index (χ3v) is 6.46. The predicted molar refractivity (Wildman–Crippen MR) is 115 cm³/mol. The van der Waals surface area contributed by atoms with E-state index in [1.807, 2.05) is 29.9 Å². The van der Waals surface area contributed by atoms with E-state index in [9.17, 15) is 0 Å². The molecule has 0 unspecified atom stereocenters. The molecular formula is C21H26ClN7. The highest BCUT2D eigenvalue weighted by Gasteiger charge is 2.28. The Hall–Kier alpha value is -2.25. The van der Waals surface area contributed by atoms with Gasteiger partial charge in [-0.3, -0.25) is 0 Å². The highest BCUT2D eigenvalue weighted by Crippen LogP contribution is 2.30. The van der Waals surface area contributed by atoms with Crippen molar-refractivity contribution in [1.29, 1.82) is 0 Å². The van der Waals surface area contributed by atoms with E-state index < -0.39 is 0 Å². The molecule has 0 atom stereocenters. The smallest absolute Gasteiger partial charge is 0.225 e. The zero-order chi connectivity index (χ0) is 19.8. The van der Waals surface area contributed by atoms with Crippen LogP contribution in [0.2, 0.25) is 5.28 Å². The molecule has 29 heavy (non-hydrogen) atoms. The standard InChI is InChI=1S/C21H26ClN7/c1-28-13-23-12-18(28)16-8-9-17-19(25-16)20(27-21(22)26-17)24-14-4-6-15(7-5-14)29-10-2-3-11-29/h8-9,12-15H,2-7,10-11H2,1H3,(H,24,26,27). The molecule has 0 bridgehead atoms. The lowest BCUT2D eigenvalue weighted by Crippen LogP contribution is -2.39. The molecule has 1 aliphatic carbocycles. The molecule has 1 saturated heterocycles. The van der Waals surface area contributed by atoms with Crippen LogP contribution in [0.25, 0.3) is 22.4 Å². The van der Waals surface area contributed by atoms with Gasteiger partial charge in [0.2, 0.25) is 5.28 Å². The van der Waals surface area contributed by atoms with Crippen molar-refractivity contribution in [3.05, 3.63) is 29.9 Å². The molecule has 0 aromatic carbocycles. The third-order valence-electron chi connectivity index (χ3n) is 6.29. The van der Waals surface area contributed by atoms with E-state index in [0.717, 1.165) is 47.1 Å². The van der Waals surface area contributed by atoms with Crippen LogP contribution in [0.1, 0.15) is 38.5 Å². The number of halogens is 1. The second kappa shape index (κ2) is 7.88. The van der Waals surface area contributed by atoms with Crippen LogP contribution in [0.5, 0.6) is 0 Å². The quantitative estimate of drug-likeness (QED) is 0.656. The van der Waals surface area contributed by atoms with Gasteiger partial charge in [0.05, 0.1) is 29.4 Å². The van der Waals surface area contributed by atoms with E-state index in [-0.39, 0.29) is 5.28 Å². The van der Waals surface area contributed by atoms with Crippen LogP contribution in [0.15, 0.2) is 24.7 Å². The Morgan fingerprint density at radius 2 is 1.83 bits per heavy atom. The van der Waals surface area contributed by atoms with Gasteiger partial charge in [-0.05, 0) is 75.3 Å². The predicted octanol–water partition coefficient (Wildman–Crippen LogP) is 3.90. The minimum absolute atomic E-state index is 0.251. The molecule has 1 aliphatic heterocycles. The number of aryl methyl sites for hydroxylation is 1. The zero-order valence-electron chi connectivity index (χ0n) is 16.7. The normalized spacial score (nSPS) is 23.0. The van der Waals surface area contributed by atoms with Gasteiger partial charge in [-0.2, -0.15) is 4.98 Å². The lowest BCUT2D eigenvalue weighted by Gasteiger charge is -2.35. The monoisotopic (exact) mass is 411 g/mol. The van der Waals surface area contributed by atoms with Crippen LogP contribution in [-0.4, -0.2) is 54.6 Å². The van der Waals surface area contributed by atoms with Gasteiger partial charge in [0, 0.05) is 19.1 Å². The molecule has 3 aromatic heterocycles. The largest absolute Gasteiger partial charge is 0.365 e. The van der Waals surface area contributed by atoms with E-state index in [1.54, 1.807) is 6.33 Å². The van der Waals surface area contributed by atoms with Crippen molar-refractivity contribution in [1.82, 2.24) is 29.4 Å². The summed E-state index contributed by atoms with van der Waals surface area (Å²) in [6.07, 6.45) is 11.1. The van der Waals surface area contributed by atoms with Crippen molar-refractivity contribution >= 4 is 28.5 Å².